The van der Waals surface area contributed by atoms with Gasteiger partial charge in [0, 0.05) is 17.1 Å². The summed E-state index contributed by atoms with van der Waals surface area (Å²) in [5, 5.41) is 8.69. The first kappa shape index (κ1) is 8.11. The summed E-state index contributed by atoms with van der Waals surface area (Å²) in [5.74, 6) is 0. The maximum absolute atomic E-state index is 4.36. The van der Waals surface area contributed by atoms with Crippen molar-refractivity contribution in [3.05, 3.63) is 42.2 Å². The summed E-state index contributed by atoms with van der Waals surface area (Å²) >= 11 is 0. The normalized spacial score (nSPS) is 13.3. The van der Waals surface area contributed by atoms with Crippen LogP contribution in [0.3, 0.4) is 0 Å². The highest BCUT2D eigenvalue weighted by Gasteiger charge is 2.06. The minimum atomic E-state index is 0.929. The van der Waals surface area contributed by atoms with Crippen molar-refractivity contribution in [3.8, 4) is 0 Å². The highest BCUT2D eigenvalue weighted by molar-refractivity contribution is 5.92. The zero-order valence-electron chi connectivity index (χ0n) is 7.88. The fourth-order valence-electron chi connectivity index (χ4n) is 1.66. The highest BCUT2D eigenvalue weighted by Crippen LogP contribution is 2.27. The van der Waals surface area contributed by atoms with Crippen LogP contribution in [0.15, 0.2) is 47.0 Å². The van der Waals surface area contributed by atoms with Crippen molar-refractivity contribution < 1.29 is 0 Å². The minimum absolute atomic E-state index is 0.929. The third-order valence-corrected chi connectivity index (χ3v) is 2.35. The Kier molecular flexibility index (Phi) is 1.71. The van der Waals surface area contributed by atoms with Crippen molar-refractivity contribution in [2.24, 2.45) is 10.3 Å². The van der Waals surface area contributed by atoms with Crippen molar-refractivity contribution in [1.82, 2.24) is 4.98 Å². The van der Waals surface area contributed by atoms with E-state index < -0.39 is 0 Å². The van der Waals surface area contributed by atoms with Gasteiger partial charge in [-0.25, -0.2) is 0 Å². The average molecular weight is 196 g/mol. The second kappa shape index (κ2) is 3.16. The predicted octanol–water partition coefficient (Wildman–Crippen LogP) is 3.00. The van der Waals surface area contributed by atoms with E-state index in [4.69, 9.17) is 0 Å². The molecule has 0 bridgehead atoms. The summed E-state index contributed by atoms with van der Waals surface area (Å²) < 4.78 is 0. The maximum Gasteiger partial charge on any atom is 0.0796 e. The van der Waals surface area contributed by atoms with Crippen LogP contribution in [0.2, 0.25) is 0 Å². The number of aromatic nitrogens is 1. The maximum atomic E-state index is 4.36. The standard InChI is InChI=1S/C11H8N4/c1-2-8-3-4-10-9(11(8)12-6-1)5-7-13-15-14-10/h1-7H,(H,13,14). The van der Waals surface area contributed by atoms with Gasteiger partial charge in [-0.3, -0.25) is 10.4 Å². The van der Waals surface area contributed by atoms with Crippen molar-refractivity contribution in [1.29, 1.82) is 0 Å². The van der Waals surface area contributed by atoms with Crippen LogP contribution in [-0.4, -0.2) is 4.98 Å². The number of nitrogens with zero attached hydrogens (tertiary/aromatic N) is 3. The van der Waals surface area contributed by atoms with Gasteiger partial charge in [0.25, 0.3) is 0 Å². The van der Waals surface area contributed by atoms with E-state index in [-0.39, 0.29) is 0 Å². The Morgan fingerprint density at radius 1 is 1.13 bits per heavy atom. The van der Waals surface area contributed by atoms with Gasteiger partial charge in [-0.15, -0.1) is 5.11 Å². The summed E-state index contributed by atoms with van der Waals surface area (Å²) in [4.78, 5) is 4.36. The van der Waals surface area contributed by atoms with E-state index in [2.05, 4.69) is 20.7 Å². The Hall–Kier alpha value is -2.23. The van der Waals surface area contributed by atoms with Crippen LogP contribution in [0.4, 0.5) is 5.69 Å². The smallest absolute Gasteiger partial charge is 0.0796 e. The molecule has 0 aliphatic carbocycles. The Morgan fingerprint density at radius 3 is 3.13 bits per heavy atom. The van der Waals surface area contributed by atoms with Crippen molar-refractivity contribution in [3.63, 3.8) is 0 Å². The first-order valence-electron chi connectivity index (χ1n) is 4.65. The molecular formula is C11H8N4. The molecule has 2 heterocycles. The van der Waals surface area contributed by atoms with E-state index >= 15 is 0 Å². The molecule has 0 spiro atoms. The Bertz CT molecular complexity index is 572. The number of nitrogens with one attached hydrogen (secondary N) is 1. The van der Waals surface area contributed by atoms with Crippen LogP contribution < -0.4 is 5.43 Å². The molecule has 15 heavy (non-hydrogen) atoms. The molecule has 0 saturated carbocycles. The summed E-state index contributed by atoms with van der Waals surface area (Å²) in [6, 6.07) is 7.96. The number of fused-ring (bicyclic) bond motifs is 3. The van der Waals surface area contributed by atoms with Gasteiger partial charge in [0.1, 0.15) is 0 Å². The van der Waals surface area contributed by atoms with Gasteiger partial charge in [-0.2, -0.15) is 0 Å². The zero-order valence-corrected chi connectivity index (χ0v) is 7.88. The van der Waals surface area contributed by atoms with E-state index in [1.54, 1.807) is 12.4 Å². The molecule has 1 aromatic heterocycles. The van der Waals surface area contributed by atoms with Crippen LogP contribution in [0, 0.1) is 0 Å². The number of anilines is 1. The molecular weight excluding hydrogens is 188 g/mol. The lowest BCUT2D eigenvalue weighted by atomic mass is 10.1. The summed E-state index contributed by atoms with van der Waals surface area (Å²) in [6.45, 7) is 0. The van der Waals surface area contributed by atoms with Gasteiger partial charge >= 0.3 is 0 Å². The van der Waals surface area contributed by atoms with Crippen LogP contribution in [0.25, 0.3) is 17.0 Å². The first-order chi connectivity index (χ1) is 7.45. The van der Waals surface area contributed by atoms with Crippen molar-refractivity contribution in [2.45, 2.75) is 0 Å². The molecule has 4 heteroatoms. The summed E-state index contributed by atoms with van der Waals surface area (Å²) in [7, 11) is 0. The topological polar surface area (TPSA) is 49.6 Å². The number of benzene rings is 1. The van der Waals surface area contributed by atoms with Gasteiger partial charge in [-0.1, -0.05) is 17.4 Å². The highest BCUT2D eigenvalue weighted by atomic mass is 15.4. The number of rotatable bonds is 0. The number of hydrogen-bond donors (Lipinski definition) is 1. The van der Waals surface area contributed by atoms with Crippen LogP contribution in [0.5, 0.6) is 0 Å². The second-order valence-corrected chi connectivity index (χ2v) is 3.24. The molecule has 3 rings (SSSR count). The molecule has 72 valence electrons. The lowest BCUT2D eigenvalue weighted by Crippen LogP contribution is -1.91. The molecule has 1 N–H and O–H groups in total. The van der Waals surface area contributed by atoms with E-state index in [1.165, 1.54) is 0 Å². The molecule has 4 nitrogen and oxygen atoms in total. The zero-order chi connectivity index (χ0) is 10.1. The fourth-order valence-corrected chi connectivity index (χ4v) is 1.66. The molecule has 2 aromatic rings. The summed E-state index contributed by atoms with van der Waals surface area (Å²) in [5.41, 5.74) is 5.79. The Balaban J connectivity index is 2.38. The van der Waals surface area contributed by atoms with Crippen LogP contribution >= 0.6 is 0 Å². The Morgan fingerprint density at radius 2 is 2.13 bits per heavy atom. The molecule has 0 atom stereocenters. The monoisotopic (exact) mass is 196 g/mol. The minimum Gasteiger partial charge on any atom is -0.259 e. The van der Waals surface area contributed by atoms with Gasteiger partial charge < -0.3 is 0 Å². The van der Waals surface area contributed by atoms with E-state index in [0.717, 1.165) is 22.2 Å². The first-order valence-corrected chi connectivity index (χ1v) is 4.65. The Labute approximate surface area is 86.3 Å². The SMILES string of the molecule is C1=Cc2c(ccc3cccnc23)NN=N1. The van der Waals surface area contributed by atoms with Crippen LogP contribution in [0.1, 0.15) is 5.56 Å². The molecule has 0 amide bonds. The van der Waals surface area contributed by atoms with Gasteiger partial charge in [0.05, 0.1) is 17.4 Å². The third-order valence-electron chi connectivity index (χ3n) is 2.35. The van der Waals surface area contributed by atoms with Crippen LogP contribution in [-0.2, 0) is 0 Å². The lowest BCUT2D eigenvalue weighted by molar-refractivity contribution is 1.14. The second-order valence-electron chi connectivity index (χ2n) is 3.24. The van der Waals surface area contributed by atoms with Crippen molar-refractivity contribution in [2.75, 3.05) is 5.43 Å². The molecule has 0 saturated heterocycles. The molecule has 0 unspecified atom stereocenters. The number of hydrogen-bond acceptors (Lipinski definition) is 4. The fraction of sp³-hybridized carbons (Fsp3) is 0. The third kappa shape index (κ3) is 1.27. The van der Waals surface area contributed by atoms with Gasteiger partial charge in [-0.05, 0) is 18.2 Å². The average Bonchev–Trinajstić information content (AvgIpc) is 2.54. The molecule has 1 aromatic carbocycles. The molecule has 0 radical (unpaired) electrons. The van der Waals surface area contributed by atoms with E-state index in [1.807, 2.05) is 30.3 Å². The van der Waals surface area contributed by atoms with Crippen molar-refractivity contribution >= 4 is 22.7 Å². The summed E-state index contributed by atoms with van der Waals surface area (Å²) in [6.07, 6.45) is 5.36. The quantitative estimate of drug-likeness (QED) is 0.704. The molecule has 1 aliphatic rings. The molecule has 0 fully saturated rings. The van der Waals surface area contributed by atoms with E-state index in [0.29, 0.717) is 0 Å². The van der Waals surface area contributed by atoms with E-state index in [9.17, 15) is 0 Å². The van der Waals surface area contributed by atoms with Gasteiger partial charge in [0.2, 0.25) is 0 Å². The number of pyridine rings is 1. The molecule has 1 aliphatic heterocycles. The lowest BCUT2D eigenvalue weighted by Gasteiger charge is -2.05. The largest absolute Gasteiger partial charge is 0.259 e. The predicted molar refractivity (Wildman–Crippen MR) is 59.3 cm³/mol. The van der Waals surface area contributed by atoms with Gasteiger partial charge in [0.15, 0.2) is 0 Å².